The zero-order chi connectivity index (χ0) is 28.7. The Morgan fingerprint density at radius 3 is 2.15 bits per heavy atom. The van der Waals surface area contributed by atoms with Gasteiger partial charge in [-0.25, -0.2) is 8.42 Å². The molecule has 3 aromatic carbocycles. The van der Waals surface area contributed by atoms with Crippen molar-refractivity contribution in [3.63, 3.8) is 0 Å². The Morgan fingerprint density at radius 2 is 1.54 bits per heavy atom. The number of sulfonamides is 1. The molecule has 0 heterocycles. The largest absolute Gasteiger partial charge is 0.355 e. The summed E-state index contributed by atoms with van der Waals surface area (Å²) in [5.74, 6) is -0.933. The molecule has 3 rings (SSSR count). The van der Waals surface area contributed by atoms with Crippen LogP contribution in [0, 0.1) is 6.92 Å². The number of benzene rings is 3. The number of anilines is 1. The van der Waals surface area contributed by atoms with E-state index >= 15 is 0 Å². The quantitative estimate of drug-likeness (QED) is 0.291. The van der Waals surface area contributed by atoms with Crippen LogP contribution < -0.4 is 9.62 Å². The molecule has 0 fully saturated rings. The van der Waals surface area contributed by atoms with Crippen molar-refractivity contribution in [2.45, 2.75) is 32.9 Å². The highest BCUT2D eigenvalue weighted by molar-refractivity contribution is 7.92. The number of amides is 2. The highest BCUT2D eigenvalue weighted by Gasteiger charge is 2.33. The molecule has 3 aromatic rings. The molecule has 1 N–H and O–H groups in total. The predicted molar refractivity (Wildman–Crippen MR) is 158 cm³/mol. The van der Waals surface area contributed by atoms with Crippen LogP contribution in [0.4, 0.5) is 5.69 Å². The molecule has 0 radical (unpaired) electrons. The molecule has 2 amide bonds. The van der Waals surface area contributed by atoms with Crippen LogP contribution in [0.1, 0.15) is 23.6 Å². The first-order chi connectivity index (χ1) is 18.4. The first-order valence-corrected chi connectivity index (χ1v) is 15.2. The Hall–Kier alpha value is -2.78. The van der Waals surface area contributed by atoms with Gasteiger partial charge in [0.1, 0.15) is 12.6 Å². The van der Waals surface area contributed by atoms with Gasteiger partial charge in [-0.3, -0.25) is 13.9 Å². The summed E-state index contributed by atoms with van der Waals surface area (Å²) >= 11 is 18.5. The summed E-state index contributed by atoms with van der Waals surface area (Å²) in [4.78, 5) is 28.8. The van der Waals surface area contributed by atoms with E-state index in [-0.39, 0.29) is 39.6 Å². The highest BCUT2D eigenvalue weighted by Crippen LogP contribution is 2.35. The lowest BCUT2D eigenvalue weighted by molar-refractivity contribution is -0.140. The lowest BCUT2D eigenvalue weighted by Gasteiger charge is -2.33. The third-order valence-electron chi connectivity index (χ3n) is 6.00. The van der Waals surface area contributed by atoms with Crippen LogP contribution in [0.15, 0.2) is 66.7 Å². The molecule has 7 nitrogen and oxygen atoms in total. The third-order valence-corrected chi connectivity index (χ3v) is 8.15. The third kappa shape index (κ3) is 8.35. The van der Waals surface area contributed by atoms with E-state index in [0.717, 1.165) is 27.3 Å². The normalized spacial score (nSPS) is 12.1. The van der Waals surface area contributed by atoms with Crippen LogP contribution in [0.3, 0.4) is 0 Å². The highest BCUT2D eigenvalue weighted by atomic mass is 35.5. The monoisotopic (exact) mass is 609 g/mol. The minimum atomic E-state index is -3.99. The van der Waals surface area contributed by atoms with Gasteiger partial charge in [-0.2, -0.15) is 0 Å². The van der Waals surface area contributed by atoms with E-state index < -0.39 is 28.5 Å². The molecular formula is C28H30Cl3N3O4S. The number of halogens is 3. The van der Waals surface area contributed by atoms with Gasteiger partial charge in [0.25, 0.3) is 0 Å². The molecule has 0 aliphatic carbocycles. The van der Waals surface area contributed by atoms with E-state index in [4.69, 9.17) is 34.8 Å². The first kappa shape index (κ1) is 30.8. The summed E-state index contributed by atoms with van der Waals surface area (Å²) in [7, 11) is -3.99. The van der Waals surface area contributed by atoms with Gasteiger partial charge in [0, 0.05) is 19.5 Å². The number of likely N-dealkylation sites (N-methyl/N-ethyl adjacent to an activating group) is 1. The van der Waals surface area contributed by atoms with E-state index in [1.165, 1.54) is 17.0 Å². The van der Waals surface area contributed by atoms with Crippen molar-refractivity contribution in [2.75, 3.05) is 23.7 Å². The lowest BCUT2D eigenvalue weighted by Crippen LogP contribution is -2.53. The minimum Gasteiger partial charge on any atom is -0.355 e. The molecule has 1 atom stereocenters. The second kappa shape index (κ2) is 13.5. The smallest absolute Gasteiger partial charge is 0.244 e. The molecule has 0 spiro atoms. The summed E-state index contributed by atoms with van der Waals surface area (Å²) in [6.07, 6.45) is 1.20. The number of nitrogens with one attached hydrogen (secondary N) is 1. The Kier molecular flexibility index (Phi) is 10.7. The van der Waals surface area contributed by atoms with Crippen LogP contribution in [0.25, 0.3) is 0 Å². The average Bonchev–Trinajstić information content (AvgIpc) is 2.87. The zero-order valence-electron chi connectivity index (χ0n) is 21.8. The van der Waals surface area contributed by atoms with Crippen molar-refractivity contribution < 1.29 is 18.0 Å². The summed E-state index contributed by atoms with van der Waals surface area (Å²) in [5.41, 5.74) is 2.64. The lowest BCUT2D eigenvalue weighted by atomic mass is 10.0. The van der Waals surface area contributed by atoms with Crippen LogP contribution in [-0.2, 0) is 32.6 Å². The minimum absolute atomic E-state index is 0.00930. The number of carbonyl (C=O) groups is 2. The van der Waals surface area contributed by atoms with Crippen molar-refractivity contribution in [3.8, 4) is 0 Å². The Morgan fingerprint density at radius 1 is 0.897 bits per heavy atom. The molecule has 0 saturated carbocycles. The van der Waals surface area contributed by atoms with E-state index in [9.17, 15) is 18.0 Å². The van der Waals surface area contributed by atoms with Crippen molar-refractivity contribution in [2.24, 2.45) is 0 Å². The number of rotatable bonds is 11. The average molecular weight is 611 g/mol. The summed E-state index contributed by atoms with van der Waals surface area (Å²) in [6.45, 7) is 3.57. The first-order valence-electron chi connectivity index (χ1n) is 12.2. The maximum Gasteiger partial charge on any atom is 0.244 e. The fraction of sp³-hybridized carbons (Fsp3) is 0.286. The molecule has 208 valence electrons. The van der Waals surface area contributed by atoms with Gasteiger partial charge < -0.3 is 10.2 Å². The predicted octanol–water partition coefficient (Wildman–Crippen LogP) is 5.50. The molecule has 0 aromatic heterocycles. The molecule has 11 heteroatoms. The van der Waals surface area contributed by atoms with Gasteiger partial charge in [-0.1, -0.05) is 95.0 Å². The molecule has 0 aliphatic heterocycles. The van der Waals surface area contributed by atoms with Gasteiger partial charge in [-0.05, 0) is 37.1 Å². The Labute approximate surface area is 244 Å². The maximum atomic E-state index is 14.0. The van der Waals surface area contributed by atoms with E-state index in [2.05, 4.69) is 5.32 Å². The van der Waals surface area contributed by atoms with Gasteiger partial charge in [-0.15, -0.1) is 0 Å². The second-order valence-corrected chi connectivity index (χ2v) is 12.2. The van der Waals surface area contributed by atoms with Crippen LogP contribution in [-0.4, -0.2) is 50.5 Å². The fourth-order valence-corrected chi connectivity index (χ4v) is 5.70. The van der Waals surface area contributed by atoms with E-state index in [0.29, 0.717) is 6.54 Å². The van der Waals surface area contributed by atoms with Gasteiger partial charge in [0.15, 0.2) is 0 Å². The van der Waals surface area contributed by atoms with Crippen LogP contribution in [0.5, 0.6) is 0 Å². The number of carbonyl (C=O) groups excluding carboxylic acids is 2. The molecular weight excluding hydrogens is 581 g/mol. The van der Waals surface area contributed by atoms with Gasteiger partial charge in [0.2, 0.25) is 21.8 Å². The molecule has 0 unspecified atom stereocenters. The van der Waals surface area contributed by atoms with Crippen molar-refractivity contribution in [1.29, 1.82) is 0 Å². The van der Waals surface area contributed by atoms with E-state index in [1.807, 2.05) is 61.5 Å². The SMILES string of the molecule is CCNC(=O)[C@H](Cc1ccccc1)N(Cc1cccc(C)c1)C(=O)CN(c1cc(Cl)c(Cl)cc1Cl)S(C)(=O)=O. The topological polar surface area (TPSA) is 86.8 Å². The number of hydrogen-bond donors (Lipinski definition) is 1. The van der Waals surface area contributed by atoms with Gasteiger partial charge in [0.05, 0.1) is 27.0 Å². The second-order valence-electron chi connectivity index (χ2n) is 9.10. The fourth-order valence-electron chi connectivity index (χ4n) is 4.15. The molecule has 0 saturated heterocycles. The van der Waals surface area contributed by atoms with Crippen molar-refractivity contribution in [3.05, 3.63) is 98.5 Å². The van der Waals surface area contributed by atoms with E-state index in [1.54, 1.807) is 6.92 Å². The molecule has 0 aliphatic rings. The van der Waals surface area contributed by atoms with Crippen molar-refractivity contribution >= 4 is 62.3 Å². The van der Waals surface area contributed by atoms with Crippen molar-refractivity contribution in [1.82, 2.24) is 10.2 Å². The van der Waals surface area contributed by atoms with Crippen LogP contribution >= 0.6 is 34.8 Å². The van der Waals surface area contributed by atoms with Crippen LogP contribution in [0.2, 0.25) is 15.1 Å². The summed E-state index contributed by atoms with van der Waals surface area (Å²) < 4.78 is 26.6. The standard InChI is InChI=1S/C28H30Cl3N3O4S/c1-4-32-28(36)26(14-20-10-6-5-7-11-20)33(17-21-12-8-9-19(2)13-21)27(35)18-34(39(3,37)38)25-16-23(30)22(29)15-24(25)31/h5-13,15-16,26H,4,14,17-18H2,1-3H3,(H,32,36)/t26-/m0/s1. The summed E-state index contributed by atoms with van der Waals surface area (Å²) in [6, 6.07) is 18.6. The summed E-state index contributed by atoms with van der Waals surface area (Å²) in [5, 5.41) is 3.06. The molecule has 39 heavy (non-hydrogen) atoms. The number of hydrogen-bond acceptors (Lipinski definition) is 4. The Bertz CT molecular complexity index is 1440. The maximum absolute atomic E-state index is 14.0. The number of aryl methyl sites for hydroxylation is 1. The number of nitrogens with zero attached hydrogens (tertiary/aromatic N) is 2. The zero-order valence-corrected chi connectivity index (χ0v) is 24.9. The molecule has 0 bridgehead atoms. The Balaban J connectivity index is 2.08. The van der Waals surface area contributed by atoms with Gasteiger partial charge >= 0.3 is 0 Å².